The van der Waals surface area contributed by atoms with Crippen molar-refractivity contribution in [3.63, 3.8) is 0 Å². The molecule has 0 N–H and O–H groups in total. The molecule has 1 aliphatic rings. The molecular formula is C22H18F2. The van der Waals surface area contributed by atoms with Gasteiger partial charge in [0.1, 0.15) is 11.6 Å². The Labute approximate surface area is 140 Å². The van der Waals surface area contributed by atoms with Crippen LogP contribution in [0.25, 0.3) is 18.2 Å². The molecule has 0 spiro atoms. The number of rotatable bonds is 2. The van der Waals surface area contributed by atoms with Crippen LogP contribution in [0, 0.1) is 18.6 Å². The molecule has 2 aromatic carbocycles. The molecule has 120 valence electrons. The lowest BCUT2D eigenvalue weighted by molar-refractivity contribution is 0.577. The highest BCUT2D eigenvalue weighted by atomic mass is 19.1. The minimum absolute atomic E-state index is 0.00397. The summed E-state index contributed by atoms with van der Waals surface area (Å²) in [4.78, 5) is 0. The van der Waals surface area contributed by atoms with Crippen LogP contribution in [0.3, 0.4) is 0 Å². The lowest BCUT2D eigenvalue weighted by Crippen LogP contribution is -2.09. The predicted octanol–water partition coefficient (Wildman–Crippen LogP) is 4.43. The Bertz CT molecular complexity index is 929. The monoisotopic (exact) mass is 320 g/mol. The lowest BCUT2D eigenvalue weighted by atomic mass is 9.99. The highest BCUT2D eigenvalue weighted by Gasteiger charge is 2.07. The molecule has 0 fully saturated rings. The third-order valence-electron chi connectivity index (χ3n) is 4.03. The van der Waals surface area contributed by atoms with Gasteiger partial charge in [0, 0.05) is 5.56 Å². The molecule has 0 saturated carbocycles. The van der Waals surface area contributed by atoms with Crippen molar-refractivity contribution in [2.24, 2.45) is 0 Å². The Morgan fingerprint density at radius 3 is 2.21 bits per heavy atom. The smallest absolute Gasteiger partial charge is 0.133 e. The average molecular weight is 320 g/mol. The van der Waals surface area contributed by atoms with Crippen LogP contribution in [0.5, 0.6) is 0 Å². The van der Waals surface area contributed by atoms with Crippen molar-refractivity contribution in [3.05, 3.63) is 99.5 Å². The van der Waals surface area contributed by atoms with E-state index in [1.165, 1.54) is 23.8 Å². The highest BCUT2D eigenvalue weighted by Crippen LogP contribution is 2.20. The van der Waals surface area contributed by atoms with Gasteiger partial charge in [0.05, 0.1) is 0 Å². The maximum absolute atomic E-state index is 13.8. The number of benzene rings is 2. The van der Waals surface area contributed by atoms with Crippen molar-refractivity contribution in [3.8, 4) is 0 Å². The SMILES string of the molecule is C=c1ccc(=C2C=CC(/C=C\c3c(F)cc(C)cc3F)=CC2)cc1. The molecule has 0 saturated heterocycles. The van der Waals surface area contributed by atoms with E-state index >= 15 is 0 Å². The van der Waals surface area contributed by atoms with E-state index in [9.17, 15) is 8.78 Å². The first-order valence-electron chi connectivity index (χ1n) is 7.83. The molecule has 0 aliphatic heterocycles. The summed E-state index contributed by atoms with van der Waals surface area (Å²) in [5.74, 6) is -1.07. The van der Waals surface area contributed by atoms with Crippen LogP contribution in [-0.2, 0) is 0 Å². The molecular weight excluding hydrogens is 302 g/mol. The van der Waals surface area contributed by atoms with Crippen LogP contribution in [-0.4, -0.2) is 0 Å². The molecule has 0 unspecified atom stereocenters. The fourth-order valence-electron chi connectivity index (χ4n) is 2.67. The average Bonchev–Trinajstić information content (AvgIpc) is 2.55. The number of allylic oxidation sites excluding steroid dienone is 5. The minimum atomic E-state index is -0.537. The normalized spacial score (nSPS) is 14.3. The van der Waals surface area contributed by atoms with E-state index in [0.717, 1.165) is 22.4 Å². The fourth-order valence-corrected chi connectivity index (χ4v) is 2.67. The second kappa shape index (κ2) is 6.79. The van der Waals surface area contributed by atoms with Crippen LogP contribution >= 0.6 is 0 Å². The molecule has 2 heteroatoms. The van der Waals surface area contributed by atoms with Gasteiger partial charge in [0.2, 0.25) is 0 Å². The van der Waals surface area contributed by atoms with E-state index in [2.05, 4.69) is 6.58 Å². The molecule has 0 aromatic heterocycles. The van der Waals surface area contributed by atoms with Crippen molar-refractivity contribution in [1.82, 2.24) is 0 Å². The van der Waals surface area contributed by atoms with E-state index in [-0.39, 0.29) is 5.56 Å². The summed E-state index contributed by atoms with van der Waals surface area (Å²) in [5, 5.41) is 2.15. The molecule has 0 heterocycles. The maximum atomic E-state index is 13.8. The summed E-state index contributed by atoms with van der Waals surface area (Å²) < 4.78 is 27.7. The second-order valence-electron chi connectivity index (χ2n) is 5.94. The molecule has 2 aromatic rings. The lowest BCUT2D eigenvalue weighted by Gasteiger charge is -2.07. The van der Waals surface area contributed by atoms with Crippen LogP contribution in [0.4, 0.5) is 8.78 Å². The zero-order valence-corrected chi connectivity index (χ0v) is 13.5. The number of hydrogen-bond donors (Lipinski definition) is 0. The molecule has 0 nitrogen and oxygen atoms in total. The van der Waals surface area contributed by atoms with E-state index in [4.69, 9.17) is 0 Å². The van der Waals surface area contributed by atoms with E-state index in [1.807, 2.05) is 42.5 Å². The van der Waals surface area contributed by atoms with Crippen LogP contribution in [0.1, 0.15) is 17.5 Å². The fraction of sp³-hybridized carbons (Fsp3) is 0.0909. The first-order chi connectivity index (χ1) is 11.5. The molecule has 0 atom stereocenters. The van der Waals surface area contributed by atoms with Crippen LogP contribution < -0.4 is 10.4 Å². The van der Waals surface area contributed by atoms with Gasteiger partial charge in [-0.15, -0.1) is 0 Å². The van der Waals surface area contributed by atoms with Gasteiger partial charge in [0.25, 0.3) is 0 Å². The van der Waals surface area contributed by atoms with Gasteiger partial charge in [-0.2, -0.15) is 0 Å². The van der Waals surface area contributed by atoms with Crippen molar-refractivity contribution in [2.45, 2.75) is 13.3 Å². The molecule has 0 amide bonds. The molecule has 0 bridgehead atoms. The van der Waals surface area contributed by atoms with E-state index in [0.29, 0.717) is 5.56 Å². The van der Waals surface area contributed by atoms with Gasteiger partial charge in [-0.1, -0.05) is 55.1 Å². The largest absolute Gasteiger partial charge is 0.206 e. The zero-order chi connectivity index (χ0) is 17.1. The summed E-state index contributed by atoms with van der Waals surface area (Å²) in [6.07, 6.45) is 10.1. The maximum Gasteiger partial charge on any atom is 0.133 e. The quantitative estimate of drug-likeness (QED) is 0.768. The van der Waals surface area contributed by atoms with Gasteiger partial charge in [-0.05, 0) is 58.7 Å². The summed E-state index contributed by atoms with van der Waals surface area (Å²) in [6, 6.07) is 10.7. The standard InChI is InChI=1S/C22H18F2/c1-15-3-8-18(9-4-15)19-10-5-17(6-11-19)7-12-20-21(23)13-16(2)14-22(20)24/h3-10,12-14H,1,11H2,2H3/b12-7-. The molecule has 0 radical (unpaired) electrons. The van der Waals surface area contributed by atoms with Crippen LogP contribution in [0.15, 0.2) is 66.3 Å². The van der Waals surface area contributed by atoms with Gasteiger partial charge in [-0.3, -0.25) is 0 Å². The molecule has 1 aliphatic carbocycles. The molecule has 3 rings (SSSR count). The summed E-state index contributed by atoms with van der Waals surface area (Å²) >= 11 is 0. The summed E-state index contributed by atoms with van der Waals surface area (Å²) in [5.41, 5.74) is 2.72. The molecule has 24 heavy (non-hydrogen) atoms. The third-order valence-corrected chi connectivity index (χ3v) is 4.03. The zero-order valence-electron chi connectivity index (χ0n) is 13.5. The highest BCUT2D eigenvalue weighted by molar-refractivity contribution is 5.65. The number of aryl methyl sites for hydroxylation is 1. The Morgan fingerprint density at radius 1 is 0.958 bits per heavy atom. The van der Waals surface area contributed by atoms with Crippen molar-refractivity contribution in [1.29, 1.82) is 0 Å². The topological polar surface area (TPSA) is 0 Å². The van der Waals surface area contributed by atoms with Crippen LogP contribution in [0.2, 0.25) is 0 Å². The Morgan fingerprint density at radius 2 is 1.62 bits per heavy atom. The van der Waals surface area contributed by atoms with Crippen molar-refractivity contribution in [2.75, 3.05) is 0 Å². The Kier molecular flexibility index (Phi) is 4.57. The Balaban J connectivity index is 1.82. The van der Waals surface area contributed by atoms with E-state index < -0.39 is 11.6 Å². The Hall–Kier alpha value is -2.74. The van der Waals surface area contributed by atoms with Gasteiger partial charge in [0.15, 0.2) is 0 Å². The third kappa shape index (κ3) is 3.60. The van der Waals surface area contributed by atoms with Crippen molar-refractivity contribution >= 4 is 18.2 Å². The first kappa shape index (κ1) is 16.1. The van der Waals surface area contributed by atoms with Crippen molar-refractivity contribution < 1.29 is 8.78 Å². The van der Waals surface area contributed by atoms with Gasteiger partial charge < -0.3 is 0 Å². The van der Waals surface area contributed by atoms with Gasteiger partial charge in [-0.25, -0.2) is 8.78 Å². The minimum Gasteiger partial charge on any atom is -0.206 e. The summed E-state index contributed by atoms with van der Waals surface area (Å²) in [7, 11) is 0. The number of halogens is 2. The predicted molar refractivity (Wildman–Crippen MR) is 96.6 cm³/mol. The second-order valence-corrected chi connectivity index (χ2v) is 5.94. The number of hydrogen-bond acceptors (Lipinski definition) is 0. The first-order valence-corrected chi connectivity index (χ1v) is 7.83. The van der Waals surface area contributed by atoms with E-state index in [1.54, 1.807) is 13.0 Å². The van der Waals surface area contributed by atoms with Gasteiger partial charge >= 0.3 is 0 Å². The summed E-state index contributed by atoms with van der Waals surface area (Å²) in [6.45, 7) is 5.55.